The molecular formula is C24H24N4O6S. The quantitative estimate of drug-likeness (QED) is 0.280. The number of morpholine rings is 1. The Kier molecular flexibility index (Phi) is 7.68. The minimum Gasteiger partial charge on any atom is -0.452 e. The molecule has 0 atom stereocenters. The third-order valence-electron chi connectivity index (χ3n) is 5.44. The predicted molar refractivity (Wildman–Crippen MR) is 130 cm³/mol. The fourth-order valence-electron chi connectivity index (χ4n) is 3.62. The molecule has 1 aromatic heterocycles. The number of carbonyl (C=O) groups is 2. The molecule has 3 aromatic rings. The Morgan fingerprint density at radius 2 is 1.91 bits per heavy atom. The maximum Gasteiger partial charge on any atom is 0.341 e. The summed E-state index contributed by atoms with van der Waals surface area (Å²) in [6.45, 7) is 4.01. The molecule has 0 bridgehead atoms. The molecule has 1 saturated heterocycles. The number of hydrogen-bond donors (Lipinski definition) is 0. The number of ether oxygens (including phenoxy) is 2. The molecule has 1 aliphatic rings. The summed E-state index contributed by atoms with van der Waals surface area (Å²) in [7, 11) is 0. The number of aromatic nitrogens is 1. The summed E-state index contributed by atoms with van der Waals surface area (Å²) < 4.78 is 12.4. The van der Waals surface area contributed by atoms with Crippen molar-refractivity contribution >= 4 is 34.6 Å². The number of thiazole rings is 1. The number of amides is 1. The van der Waals surface area contributed by atoms with E-state index in [0.717, 1.165) is 11.1 Å². The maximum absolute atomic E-state index is 12.8. The van der Waals surface area contributed by atoms with Crippen molar-refractivity contribution in [2.75, 3.05) is 37.8 Å². The number of nitrogens with zero attached hydrogens (tertiary/aromatic N) is 4. The third kappa shape index (κ3) is 6.19. The summed E-state index contributed by atoms with van der Waals surface area (Å²) in [6.07, 6.45) is 1.83. The van der Waals surface area contributed by atoms with Gasteiger partial charge in [-0.05, 0) is 18.6 Å². The predicted octanol–water partition coefficient (Wildman–Crippen LogP) is 2.94. The van der Waals surface area contributed by atoms with Gasteiger partial charge in [0.1, 0.15) is 0 Å². The Morgan fingerprint density at radius 1 is 1.17 bits per heavy atom. The van der Waals surface area contributed by atoms with Crippen molar-refractivity contribution in [1.82, 2.24) is 4.57 Å². The minimum atomic E-state index is -0.822. The number of carbonyl (C=O) groups excluding carboxylic acids is 2. The van der Waals surface area contributed by atoms with E-state index in [2.05, 4.69) is 4.99 Å². The van der Waals surface area contributed by atoms with Crippen LogP contribution >= 0.6 is 11.3 Å². The Morgan fingerprint density at radius 3 is 2.63 bits per heavy atom. The summed E-state index contributed by atoms with van der Waals surface area (Å²) >= 11 is 1.30. The van der Waals surface area contributed by atoms with E-state index in [0.29, 0.717) is 43.3 Å². The molecule has 2 heterocycles. The Labute approximate surface area is 205 Å². The summed E-state index contributed by atoms with van der Waals surface area (Å²) in [5.74, 6) is -1.45. The molecule has 4 rings (SSSR count). The number of benzene rings is 2. The van der Waals surface area contributed by atoms with E-state index in [1.54, 1.807) is 0 Å². The first-order valence-corrected chi connectivity index (χ1v) is 11.8. The first-order valence-electron chi connectivity index (χ1n) is 11.0. The number of anilines is 1. The highest BCUT2D eigenvalue weighted by Gasteiger charge is 2.23. The number of esters is 1. The summed E-state index contributed by atoms with van der Waals surface area (Å²) in [6, 6.07) is 12.1. The number of nitro benzene ring substituents is 1. The number of nitro groups is 1. The van der Waals surface area contributed by atoms with Crippen molar-refractivity contribution in [2.24, 2.45) is 4.99 Å². The lowest BCUT2D eigenvalue weighted by molar-refractivity contribution is -0.384. The molecule has 10 nitrogen and oxygen atoms in total. The Hall–Kier alpha value is -3.83. The molecule has 0 unspecified atom stereocenters. The van der Waals surface area contributed by atoms with Crippen molar-refractivity contribution in [3.05, 3.63) is 85.6 Å². The number of non-ortho nitro benzene ring substituents is 1. The molecule has 0 saturated carbocycles. The van der Waals surface area contributed by atoms with Crippen LogP contribution in [0.5, 0.6) is 0 Å². The van der Waals surface area contributed by atoms with Gasteiger partial charge in [-0.1, -0.05) is 29.8 Å². The van der Waals surface area contributed by atoms with Gasteiger partial charge >= 0.3 is 5.97 Å². The maximum atomic E-state index is 12.8. The van der Waals surface area contributed by atoms with E-state index in [9.17, 15) is 19.7 Å². The van der Waals surface area contributed by atoms with Gasteiger partial charge in [-0.15, -0.1) is 11.3 Å². The van der Waals surface area contributed by atoms with Crippen molar-refractivity contribution in [1.29, 1.82) is 0 Å². The van der Waals surface area contributed by atoms with Gasteiger partial charge in [-0.2, -0.15) is 4.99 Å². The third-order valence-corrected chi connectivity index (χ3v) is 6.24. The highest BCUT2D eigenvalue weighted by Crippen LogP contribution is 2.27. The fourth-order valence-corrected chi connectivity index (χ4v) is 4.37. The fraction of sp³-hybridized carbons (Fsp3) is 0.292. The van der Waals surface area contributed by atoms with Crippen LogP contribution in [-0.2, 0) is 20.8 Å². The average molecular weight is 497 g/mol. The normalized spacial score (nSPS) is 14.1. The molecule has 0 aliphatic carbocycles. The van der Waals surface area contributed by atoms with Crippen molar-refractivity contribution in [2.45, 2.75) is 13.5 Å². The van der Waals surface area contributed by atoms with Gasteiger partial charge < -0.3 is 18.9 Å². The van der Waals surface area contributed by atoms with Gasteiger partial charge in [0, 0.05) is 43.3 Å². The van der Waals surface area contributed by atoms with E-state index < -0.39 is 23.4 Å². The Bertz CT molecular complexity index is 1290. The van der Waals surface area contributed by atoms with Crippen LogP contribution in [0.2, 0.25) is 0 Å². The molecule has 182 valence electrons. The van der Waals surface area contributed by atoms with Crippen LogP contribution in [0.25, 0.3) is 0 Å². The standard InChI is InChI=1S/C24H24N4O6S/c1-17-2-4-18(5-3-17)15-27-10-13-35-24(27)25-22(29)16-34-23(30)20-14-19(28(31)32)6-7-21(20)26-8-11-33-12-9-26/h2-7,10,13-14H,8-9,11-12,15-16H2,1H3. The first-order chi connectivity index (χ1) is 16.9. The molecule has 1 aliphatic heterocycles. The van der Waals surface area contributed by atoms with Gasteiger partial charge in [0.2, 0.25) is 0 Å². The van der Waals surface area contributed by atoms with Crippen LogP contribution in [0.3, 0.4) is 0 Å². The van der Waals surface area contributed by atoms with E-state index >= 15 is 0 Å². The molecule has 0 spiro atoms. The highest BCUT2D eigenvalue weighted by molar-refractivity contribution is 7.07. The zero-order chi connectivity index (χ0) is 24.8. The number of aryl methyl sites for hydroxylation is 1. The topological polar surface area (TPSA) is 116 Å². The van der Waals surface area contributed by atoms with Gasteiger partial charge in [-0.25, -0.2) is 4.79 Å². The lowest BCUT2D eigenvalue weighted by Crippen LogP contribution is -2.37. The van der Waals surface area contributed by atoms with E-state index in [-0.39, 0.29) is 11.3 Å². The van der Waals surface area contributed by atoms with Crippen LogP contribution in [0, 0.1) is 17.0 Å². The SMILES string of the molecule is Cc1ccc(Cn2ccsc2=NC(=O)COC(=O)c2cc([N+](=O)[O-])ccc2N2CCOCC2)cc1. The van der Waals surface area contributed by atoms with Crippen molar-refractivity contribution in [3.63, 3.8) is 0 Å². The van der Waals surface area contributed by atoms with E-state index in [4.69, 9.17) is 9.47 Å². The van der Waals surface area contributed by atoms with Gasteiger partial charge in [0.25, 0.3) is 11.6 Å². The molecule has 35 heavy (non-hydrogen) atoms. The zero-order valence-corrected chi connectivity index (χ0v) is 19.9. The van der Waals surface area contributed by atoms with Crippen LogP contribution in [0.15, 0.2) is 59.0 Å². The largest absolute Gasteiger partial charge is 0.452 e. The second-order valence-electron chi connectivity index (χ2n) is 7.94. The van der Waals surface area contributed by atoms with E-state index in [1.165, 1.54) is 29.5 Å². The Balaban J connectivity index is 1.47. The molecule has 1 amide bonds. The zero-order valence-electron chi connectivity index (χ0n) is 19.1. The highest BCUT2D eigenvalue weighted by atomic mass is 32.1. The van der Waals surface area contributed by atoms with Gasteiger partial charge in [0.05, 0.1) is 29.4 Å². The molecule has 0 radical (unpaired) electrons. The van der Waals surface area contributed by atoms with Crippen molar-refractivity contribution < 1.29 is 24.0 Å². The summed E-state index contributed by atoms with van der Waals surface area (Å²) in [5.41, 5.74) is 2.52. The van der Waals surface area contributed by atoms with Gasteiger partial charge in [-0.3, -0.25) is 14.9 Å². The summed E-state index contributed by atoms with van der Waals surface area (Å²) in [4.78, 5) is 42.4. The van der Waals surface area contributed by atoms with Crippen molar-refractivity contribution in [3.8, 4) is 0 Å². The lowest BCUT2D eigenvalue weighted by atomic mass is 10.1. The lowest BCUT2D eigenvalue weighted by Gasteiger charge is -2.30. The molecule has 0 N–H and O–H groups in total. The molecule has 2 aromatic carbocycles. The smallest absolute Gasteiger partial charge is 0.341 e. The molecule has 1 fully saturated rings. The van der Waals surface area contributed by atoms with Gasteiger partial charge in [0.15, 0.2) is 11.4 Å². The first kappa shape index (κ1) is 24.3. The average Bonchev–Trinajstić information content (AvgIpc) is 3.30. The van der Waals surface area contributed by atoms with Crippen LogP contribution < -0.4 is 9.70 Å². The summed E-state index contributed by atoms with van der Waals surface area (Å²) in [5, 5.41) is 13.1. The monoisotopic (exact) mass is 496 g/mol. The van der Waals surface area contributed by atoms with Crippen LogP contribution in [0.4, 0.5) is 11.4 Å². The molecular weight excluding hydrogens is 472 g/mol. The second-order valence-corrected chi connectivity index (χ2v) is 8.81. The van der Waals surface area contributed by atoms with E-state index in [1.807, 2.05) is 52.2 Å². The minimum absolute atomic E-state index is 0.0273. The number of rotatable bonds is 7. The second kappa shape index (κ2) is 11.1. The molecule has 11 heteroatoms. The number of hydrogen-bond acceptors (Lipinski definition) is 8. The van der Waals surface area contributed by atoms with Crippen LogP contribution in [0.1, 0.15) is 21.5 Å². The van der Waals surface area contributed by atoms with Crippen LogP contribution in [-0.4, -0.2) is 54.3 Å².